The van der Waals surface area contributed by atoms with Gasteiger partial charge in [0.15, 0.2) is 0 Å². The number of fused-ring (bicyclic) bond motifs is 1. The van der Waals surface area contributed by atoms with Gasteiger partial charge in [-0.25, -0.2) is 0 Å². The van der Waals surface area contributed by atoms with E-state index >= 15 is 0 Å². The van der Waals surface area contributed by atoms with Gasteiger partial charge < -0.3 is 5.32 Å². The molecular formula is C11H13ClN2. The molecule has 3 heteroatoms. The third-order valence-electron chi connectivity index (χ3n) is 2.01. The van der Waals surface area contributed by atoms with E-state index in [1.165, 1.54) is 5.39 Å². The van der Waals surface area contributed by atoms with Crippen LogP contribution in [0.4, 0.5) is 0 Å². The van der Waals surface area contributed by atoms with Crippen molar-refractivity contribution in [2.24, 2.45) is 0 Å². The van der Waals surface area contributed by atoms with Gasteiger partial charge in [-0.2, -0.15) is 0 Å². The molecule has 2 rings (SSSR count). The molecule has 2 nitrogen and oxygen atoms in total. The second kappa shape index (κ2) is 4.94. The average molecular weight is 209 g/mol. The molecule has 1 aromatic carbocycles. The van der Waals surface area contributed by atoms with Crippen molar-refractivity contribution >= 4 is 23.3 Å². The number of benzene rings is 1. The number of aromatic nitrogens is 1. The number of nitrogens with zero attached hydrogens (tertiary/aromatic N) is 1. The first-order chi connectivity index (χ1) is 6.40. The molecule has 0 saturated carbocycles. The molecule has 0 radical (unpaired) electrons. The third kappa shape index (κ3) is 2.22. The number of pyridine rings is 1. The van der Waals surface area contributed by atoms with Gasteiger partial charge in [-0.05, 0) is 19.2 Å². The fraction of sp³-hybridized carbons (Fsp3) is 0.182. The molecule has 0 unspecified atom stereocenters. The second-order valence-corrected chi connectivity index (χ2v) is 3.03. The summed E-state index contributed by atoms with van der Waals surface area (Å²) in [6.45, 7) is 0.824. The van der Waals surface area contributed by atoms with E-state index in [-0.39, 0.29) is 12.4 Å². The summed E-state index contributed by atoms with van der Waals surface area (Å²) in [5.74, 6) is 0. The van der Waals surface area contributed by atoms with Crippen LogP contribution >= 0.6 is 12.4 Å². The first-order valence-electron chi connectivity index (χ1n) is 4.39. The molecule has 1 aromatic heterocycles. The zero-order valence-corrected chi connectivity index (χ0v) is 8.84. The van der Waals surface area contributed by atoms with Gasteiger partial charge in [0.2, 0.25) is 0 Å². The maximum Gasteiger partial charge on any atom is 0.0705 e. The summed E-state index contributed by atoms with van der Waals surface area (Å²) in [5.41, 5.74) is 2.15. The van der Waals surface area contributed by atoms with E-state index in [9.17, 15) is 0 Å². The van der Waals surface area contributed by atoms with Crippen LogP contribution in [0.2, 0.25) is 0 Å². The zero-order valence-electron chi connectivity index (χ0n) is 8.03. The Kier molecular flexibility index (Phi) is 3.86. The van der Waals surface area contributed by atoms with Crippen molar-refractivity contribution in [2.75, 3.05) is 7.05 Å². The van der Waals surface area contributed by atoms with E-state index < -0.39 is 0 Å². The summed E-state index contributed by atoms with van der Waals surface area (Å²) in [4.78, 5) is 4.50. The Bertz CT molecular complexity index is 415. The Hall–Kier alpha value is -1.12. The molecule has 2 aromatic rings. The molecule has 0 atom stereocenters. The highest BCUT2D eigenvalue weighted by Gasteiger charge is 1.95. The van der Waals surface area contributed by atoms with E-state index in [4.69, 9.17) is 0 Å². The molecule has 0 fully saturated rings. The van der Waals surface area contributed by atoms with Crippen molar-refractivity contribution in [3.8, 4) is 0 Å². The van der Waals surface area contributed by atoms with Crippen LogP contribution in [0.5, 0.6) is 0 Å². The predicted molar refractivity (Wildman–Crippen MR) is 61.8 cm³/mol. The first-order valence-corrected chi connectivity index (χ1v) is 4.39. The Labute approximate surface area is 89.8 Å². The summed E-state index contributed by atoms with van der Waals surface area (Å²) in [6.07, 6.45) is 0. The van der Waals surface area contributed by atoms with E-state index in [0.29, 0.717) is 0 Å². The van der Waals surface area contributed by atoms with E-state index in [0.717, 1.165) is 17.8 Å². The molecule has 0 aliphatic heterocycles. The Morgan fingerprint density at radius 3 is 2.71 bits per heavy atom. The van der Waals surface area contributed by atoms with Crippen LogP contribution in [0.25, 0.3) is 10.9 Å². The van der Waals surface area contributed by atoms with Crippen molar-refractivity contribution < 1.29 is 0 Å². The highest BCUT2D eigenvalue weighted by molar-refractivity contribution is 5.85. The fourth-order valence-electron chi connectivity index (χ4n) is 1.39. The van der Waals surface area contributed by atoms with Gasteiger partial charge in [-0.3, -0.25) is 4.98 Å². The van der Waals surface area contributed by atoms with Gasteiger partial charge in [0.05, 0.1) is 11.2 Å². The normalized spacial score (nSPS) is 9.79. The molecule has 0 spiro atoms. The highest BCUT2D eigenvalue weighted by Crippen LogP contribution is 2.11. The number of hydrogen-bond donors (Lipinski definition) is 1. The standard InChI is InChI=1S/C11H12N2.ClH/c1-12-8-10-7-6-9-4-2-3-5-11(9)13-10;/h2-7,12H,8H2,1H3;1H. The summed E-state index contributed by atoms with van der Waals surface area (Å²) in [7, 11) is 1.93. The number of nitrogens with one attached hydrogen (secondary N) is 1. The Morgan fingerprint density at radius 2 is 1.93 bits per heavy atom. The van der Waals surface area contributed by atoms with Crippen LogP contribution in [0, 0.1) is 0 Å². The lowest BCUT2D eigenvalue weighted by Crippen LogP contribution is -2.06. The van der Waals surface area contributed by atoms with Crippen LogP contribution in [0.1, 0.15) is 5.69 Å². The van der Waals surface area contributed by atoms with Gasteiger partial charge in [0, 0.05) is 11.9 Å². The molecule has 0 aliphatic rings. The topological polar surface area (TPSA) is 24.9 Å². The minimum absolute atomic E-state index is 0. The first kappa shape index (κ1) is 11.0. The van der Waals surface area contributed by atoms with Gasteiger partial charge >= 0.3 is 0 Å². The lowest BCUT2D eigenvalue weighted by molar-refractivity contribution is 0.795. The SMILES string of the molecule is CNCc1ccc2ccccc2n1.Cl. The van der Waals surface area contributed by atoms with E-state index in [1.807, 2.05) is 25.2 Å². The Balaban J connectivity index is 0.000000980. The molecule has 1 heterocycles. The number of rotatable bonds is 2. The number of hydrogen-bond acceptors (Lipinski definition) is 2. The molecule has 0 aliphatic carbocycles. The molecule has 0 amide bonds. The number of halogens is 1. The summed E-state index contributed by atoms with van der Waals surface area (Å²) < 4.78 is 0. The number of para-hydroxylation sites is 1. The smallest absolute Gasteiger partial charge is 0.0705 e. The monoisotopic (exact) mass is 208 g/mol. The quantitative estimate of drug-likeness (QED) is 0.820. The third-order valence-corrected chi connectivity index (χ3v) is 2.01. The molecule has 74 valence electrons. The van der Waals surface area contributed by atoms with Gasteiger partial charge in [0.25, 0.3) is 0 Å². The van der Waals surface area contributed by atoms with Gasteiger partial charge in [-0.1, -0.05) is 24.3 Å². The molecule has 1 N–H and O–H groups in total. The maximum absolute atomic E-state index is 4.50. The Morgan fingerprint density at radius 1 is 1.14 bits per heavy atom. The van der Waals surface area contributed by atoms with Crippen LogP contribution in [-0.4, -0.2) is 12.0 Å². The molecule has 0 saturated heterocycles. The summed E-state index contributed by atoms with van der Waals surface area (Å²) >= 11 is 0. The van der Waals surface area contributed by atoms with Gasteiger partial charge in [-0.15, -0.1) is 12.4 Å². The van der Waals surface area contributed by atoms with Crippen LogP contribution < -0.4 is 5.32 Å². The van der Waals surface area contributed by atoms with E-state index in [2.05, 4.69) is 28.5 Å². The van der Waals surface area contributed by atoms with Crippen molar-refractivity contribution in [1.82, 2.24) is 10.3 Å². The van der Waals surface area contributed by atoms with Crippen molar-refractivity contribution in [3.05, 3.63) is 42.1 Å². The molecular weight excluding hydrogens is 196 g/mol. The summed E-state index contributed by atoms with van der Waals surface area (Å²) in [6, 6.07) is 12.3. The average Bonchev–Trinajstić information content (AvgIpc) is 2.18. The lowest BCUT2D eigenvalue weighted by Gasteiger charge is -2.01. The van der Waals surface area contributed by atoms with E-state index in [1.54, 1.807) is 0 Å². The van der Waals surface area contributed by atoms with Crippen molar-refractivity contribution in [2.45, 2.75) is 6.54 Å². The van der Waals surface area contributed by atoms with Crippen molar-refractivity contribution in [1.29, 1.82) is 0 Å². The second-order valence-electron chi connectivity index (χ2n) is 3.03. The van der Waals surface area contributed by atoms with Crippen molar-refractivity contribution in [3.63, 3.8) is 0 Å². The lowest BCUT2D eigenvalue weighted by atomic mass is 10.2. The zero-order chi connectivity index (χ0) is 9.10. The fourth-order valence-corrected chi connectivity index (χ4v) is 1.39. The maximum atomic E-state index is 4.50. The molecule has 14 heavy (non-hydrogen) atoms. The van der Waals surface area contributed by atoms with Crippen LogP contribution in [0.15, 0.2) is 36.4 Å². The van der Waals surface area contributed by atoms with Gasteiger partial charge in [0.1, 0.15) is 0 Å². The van der Waals surface area contributed by atoms with Crippen LogP contribution in [0.3, 0.4) is 0 Å². The molecule has 0 bridgehead atoms. The minimum atomic E-state index is 0. The summed E-state index contributed by atoms with van der Waals surface area (Å²) in [5, 5.41) is 4.28. The predicted octanol–water partition coefficient (Wildman–Crippen LogP) is 2.38. The largest absolute Gasteiger partial charge is 0.314 e. The van der Waals surface area contributed by atoms with Crippen LogP contribution in [-0.2, 0) is 6.54 Å². The highest BCUT2D eigenvalue weighted by atomic mass is 35.5. The minimum Gasteiger partial charge on any atom is -0.314 e.